The summed E-state index contributed by atoms with van der Waals surface area (Å²) in [6, 6.07) is 8.47. The van der Waals surface area contributed by atoms with Gasteiger partial charge in [-0.15, -0.1) is 0 Å². The molecule has 3 heteroatoms. The van der Waals surface area contributed by atoms with Gasteiger partial charge in [0.05, 0.1) is 0 Å². The fourth-order valence-electron chi connectivity index (χ4n) is 2.09. The predicted molar refractivity (Wildman–Crippen MR) is 77.4 cm³/mol. The number of aliphatic hydroxyl groups is 1. The Hall–Kier alpha value is -0.900. The van der Waals surface area contributed by atoms with Crippen LogP contribution in [0.5, 0.6) is 0 Å². The molecule has 1 aromatic carbocycles. The maximum Gasteiger partial charge on any atom is 0.0487 e. The number of methoxy groups -OCH3 is 1. The molecule has 1 rings (SSSR count). The number of rotatable bonds is 10. The molecule has 108 valence electrons. The Labute approximate surface area is 116 Å². The second-order valence-corrected chi connectivity index (χ2v) is 4.99. The van der Waals surface area contributed by atoms with Crippen LogP contribution < -0.4 is 0 Å². The van der Waals surface area contributed by atoms with E-state index >= 15 is 0 Å². The standard InChI is InChI=1S/C16H26O3/c1-14-5-3-6-15(11-14)12-16(13-17)7-10-19-9-4-8-18-2/h3,5-6,11,16-17H,4,7-10,12-13H2,1-2H3. The summed E-state index contributed by atoms with van der Waals surface area (Å²) in [6.07, 6.45) is 2.75. The molecule has 0 fully saturated rings. The topological polar surface area (TPSA) is 38.7 Å². The van der Waals surface area contributed by atoms with Crippen LogP contribution in [-0.2, 0) is 15.9 Å². The van der Waals surface area contributed by atoms with Gasteiger partial charge in [-0.25, -0.2) is 0 Å². The van der Waals surface area contributed by atoms with Gasteiger partial charge in [-0.1, -0.05) is 29.8 Å². The molecule has 0 heterocycles. The van der Waals surface area contributed by atoms with E-state index < -0.39 is 0 Å². The summed E-state index contributed by atoms with van der Waals surface area (Å²) in [5.41, 5.74) is 2.56. The molecule has 1 N–H and O–H groups in total. The van der Waals surface area contributed by atoms with Crippen molar-refractivity contribution in [2.24, 2.45) is 5.92 Å². The van der Waals surface area contributed by atoms with E-state index in [1.807, 2.05) is 0 Å². The molecular formula is C16H26O3. The Morgan fingerprint density at radius 1 is 1.21 bits per heavy atom. The monoisotopic (exact) mass is 266 g/mol. The maximum atomic E-state index is 9.42. The molecule has 0 saturated heterocycles. The van der Waals surface area contributed by atoms with Crippen LogP contribution in [0.1, 0.15) is 24.0 Å². The number of benzene rings is 1. The van der Waals surface area contributed by atoms with Crippen molar-refractivity contribution in [2.75, 3.05) is 33.5 Å². The third kappa shape index (κ3) is 7.31. The van der Waals surface area contributed by atoms with Gasteiger partial charge in [-0.05, 0) is 37.7 Å². The summed E-state index contributed by atoms with van der Waals surface area (Å²) in [7, 11) is 1.70. The summed E-state index contributed by atoms with van der Waals surface area (Å²) in [5, 5.41) is 9.42. The van der Waals surface area contributed by atoms with E-state index in [0.717, 1.165) is 32.5 Å². The minimum absolute atomic E-state index is 0.218. The van der Waals surface area contributed by atoms with Crippen molar-refractivity contribution in [1.82, 2.24) is 0 Å². The first-order valence-corrected chi connectivity index (χ1v) is 6.99. The molecule has 0 aromatic heterocycles. The van der Waals surface area contributed by atoms with E-state index in [0.29, 0.717) is 6.61 Å². The predicted octanol–water partition coefficient (Wildman–Crippen LogP) is 2.59. The molecule has 1 unspecified atom stereocenters. The van der Waals surface area contributed by atoms with Gasteiger partial charge in [-0.3, -0.25) is 0 Å². The van der Waals surface area contributed by atoms with Crippen LogP contribution in [0.2, 0.25) is 0 Å². The second-order valence-electron chi connectivity index (χ2n) is 4.99. The molecule has 0 aliphatic rings. The summed E-state index contributed by atoms with van der Waals surface area (Å²) >= 11 is 0. The van der Waals surface area contributed by atoms with Crippen LogP contribution in [0.4, 0.5) is 0 Å². The lowest BCUT2D eigenvalue weighted by atomic mass is 9.96. The van der Waals surface area contributed by atoms with E-state index in [2.05, 4.69) is 31.2 Å². The first kappa shape index (κ1) is 16.2. The fourth-order valence-corrected chi connectivity index (χ4v) is 2.09. The Morgan fingerprint density at radius 2 is 2.05 bits per heavy atom. The highest BCUT2D eigenvalue weighted by Gasteiger charge is 2.08. The molecule has 0 radical (unpaired) electrons. The van der Waals surface area contributed by atoms with Gasteiger partial charge in [0, 0.05) is 33.5 Å². The van der Waals surface area contributed by atoms with Gasteiger partial charge < -0.3 is 14.6 Å². The summed E-state index contributed by atoms with van der Waals surface area (Å²) in [6.45, 7) is 4.50. The zero-order valence-electron chi connectivity index (χ0n) is 12.1. The van der Waals surface area contributed by atoms with Crippen molar-refractivity contribution < 1.29 is 14.6 Å². The van der Waals surface area contributed by atoms with Crippen molar-refractivity contribution in [1.29, 1.82) is 0 Å². The lowest BCUT2D eigenvalue weighted by Gasteiger charge is -2.14. The van der Waals surface area contributed by atoms with Crippen LogP contribution in [0.15, 0.2) is 24.3 Å². The van der Waals surface area contributed by atoms with E-state index in [1.54, 1.807) is 7.11 Å². The third-order valence-electron chi connectivity index (χ3n) is 3.17. The lowest BCUT2D eigenvalue weighted by molar-refractivity contribution is 0.0857. The molecular weight excluding hydrogens is 240 g/mol. The summed E-state index contributed by atoms with van der Waals surface area (Å²) < 4.78 is 10.5. The maximum absolute atomic E-state index is 9.42. The first-order valence-electron chi connectivity index (χ1n) is 6.99. The van der Waals surface area contributed by atoms with Gasteiger partial charge >= 0.3 is 0 Å². The van der Waals surface area contributed by atoms with Crippen LogP contribution in [-0.4, -0.2) is 38.6 Å². The van der Waals surface area contributed by atoms with E-state index in [9.17, 15) is 5.11 Å². The zero-order valence-corrected chi connectivity index (χ0v) is 12.1. The van der Waals surface area contributed by atoms with Crippen molar-refractivity contribution in [3.8, 4) is 0 Å². The number of aryl methyl sites for hydroxylation is 1. The average Bonchev–Trinajstić information content (AvgIpc) is 2.41. The second kappa shape index (κ2) is 9.96. The van der Waals surface area contributed by atoms with Crippen molar-refractivity contribution in [2.45, 2.75) is 26.2 Å². The van der Waals surface area contributed by atoms with E-state index in [4.69, 9.17) is 9.47 Å². The third-order valence-corrected chi connectivity index (χ3v) is 3.17. The highest BCUT2D eigenvalue weighted by molar-refractivity contribution is 5.22. The van der Waals surface area contributed by atoms with Crippen LogP contribution in [0, 0.1) is 12.8 Å². The van der Waals surface area contributed by atoms with E-state index in [1.165, 1.54) is 11.1 Å². The zero-order chi connectivity index (χ0) is 13.9. The molecule has 0 spiro atoms. The highest BCUT2D eigenvalue weighted by atomic mass is 16.5. The lowest BCUT2D eigenvalue weighted by Crippen LogP contribution is -2.13. The minimum atomic E-state index is 0.218. The molecule has 3 nitrogen and oxygen atoms in total. The Balaban J connectivity index is 2.22. The van der Waals surface area contributed by atoms with Crippen molar-refractivity contribution in [3.63, 3.8) is 0 Å². The van der Waals surface area contributed by atoms with Crippen molar-refractivity contribution >= 4 is 0 Å². The van der Waals surface area contributed by atoms with Crippen LogP contribution >= 0.6 is 0 Å². The fraction of sp³-hybridized carbons (Fsp3) is 0.625. The van der Waals surface area contributed by atoms with Crippen LogP contribution in [0.25, 0.3) is 0 Å². The first-order chi connectivity index (χ1) is 9.26. The molecule has 0 saturated carbocycles. The molecule has 19 heavy (non-hydrogen) atoms. The minimum Gasteiger partial charge on any atom is -0.396 e. The largest absolute Gasteiger partial charge is 0.396 e. The molecule has 1 aromatic rings. The van der Waals surface area contributed by atoms with Gasteiger partial charge in [0.15, 0.2) is 0 Å². The summed E-state index contributed by atoms with van der Waals surface area (Å²) in [5.74, 6) is 0.282. The van der Waals surface area contributed by atoms with Gasteiger partial charge in [0.1, 0.15) is 0 Å². The van der Waals surface area contributed by atoms with Gasteiger partial charge in [0.2, 0.25) is 0 Å². The molecule has 0 amide bonds. The molecule has 0 aliphatic heterocycles. The Bertz CT molecular complexity index is 339. The average molecular weight is 266 g/mol. The number of ether oxygens (including phenoxy) is 2. The summed E-state index contributed by atoms with van der Waals surface area (Å²) in [4.78, 5) is 0. The number of hydrogen-bond donors (Lipinski definition) is 1. The van der Waals surface area contributed by atoms with Crippen molar-refractivity contribution in [3.05, 3.63) is 35.4 Å². The number of hydrogen-bond acceptors (Lipinski definition) is 3. The Morgan fingerprint density at radius 3 is 2.74 bits per heavy atom. The molecule has 0 bridgehead atoms. The Kier molecular flexibility index (Phi) is 8.47. The SMILES string of the molecule is COCCCOCCC(CO)Cc1cccc(C)c1. The van der Waals surface area contributed by atoms with E-state index in [-0.39, 0.29) is 12.5 Å². The quantitative estimate of drug-likeness (QED) is 0.662. The normalized spacial score (nSPS) is 12.6. The number of aliphatic hydroxyl groups excluding tert-OH is 1. The van der Waals surface area contributed by atoms with Gasteiger partial charge in [0.25, 0.3) is 0 Å². The van der Waals surface area contributed by atoms with Gasteiger partial charge in [-0.2, -0.15) is 0 Å². The van der Waals surface area contributed by atoms with Crippen LogP contribution in [0.3, 0.4) is 0 Å². The smallest absolute Gasteiger partial charge is 0.0487 e. The molecule has 0 aliphatic carbocycles. The highest BCUT2D eigenvalue weighted by Crippen LogP contribution is 2.13. The molecule has 1 atom stereocenters.